The molecule has 0 aliphatic heterocycles. The first kappa shape index (κ1) is 12.0. The molecule has 17 heavy (non-hydrogen) atoms. The van der Waals surface area contributed by atoms with Crippen molar-refractivity contribution in [3.63, 3.8) is 0 Å². The largest absolute Gasteiger partial charge is 0.389 e. The maximum atomic E-state index is 5.86. The van der Waals surface area contributed by atoms with E-state index < -0.39 is 0 Å². The Morgan fingerprint density at radius 1 is 1.47 bits per heavy atom. The van der Waals surface area contributed by atoms with E-state index in [1.807, 2.05) is 19.9 Å². The molecule has 0 aliphatic carbocycles. The van der Waals surface area contributed by atoms with Gasteiger partial charge in [0.05, 0.1) is 22.5 Å². The Bertz CT molecular complexity index is 591. The zero-order valence-electron chi connectivity index (χ0n) is 9.44. The van der Waals surface area contributed by atoms with E-state index in [0.717, 1.165) is 22.6 Å². The summed E-state index contributed by atoms with van der Waals surface area (Å²) in [5.74, 6) is 0. The minimum absolute atomic E-state index is 0.302. The second-order valence-electron chi connectivity index (χ2n) is 3.71. The third-order valence-electron chi connectivity index (χ3n) is 2.35. The number of halogens is 1. The van der Waals surface area contributed by atoms with Crippen LogP contribution in [0.1, 0.15) is 17.0 Å². The Morgan fingerprint density at radius 2 is 2.18 bits per heavy atom. The van der Waals surface area contributed by atoms with Crippen molar-refractivity contribution in [2.45, 2.75) is 13.8 Å². The standard InChI is InChI=1S/C11H11ClN4S/c1-6-3-9(16-5-8(12)4-14-16)10(11(13)17)7(2)15-6/h3-5H,1-2H3,(H2,13,17). The molecule has 0 spiro atoms. The van der Waals surface area contributed by atoms with Gasteiger partial charge in [-0.25, -0.2) is 4.68 Å². The second kappa shape index (κ2) is 4.43. The Balaban J connectivity index is 2.71. The molecule has 88 valence electrons. The van der Waals surface area contributed by atoms with Gasteiger partial charge < -0.3 is 5.73 Å². The zero-order chi connectivity index (χ0) is 12.6. The van der Waals surface area contributed by atoms with Gasteiger partial charge in [-0.15, -0.1) is 0 Å². The lowest BCUT2D eigenvalue weighted by atomic mass is 10.1. The molecule has 0 fully saturated rings. The van der Waals surface area contributed by atoms with E-state index in [-0.39, 0.29) is 0 Å². The topological polar surface area (TPSA) is 56.7 Å². The number of pyridine rings is 1. The van der Waals surface area contributed by atoms with Gasteiger partial charge in [0.1, 0.15) is 4.99 Å². The number of rotatable bonds is 2. The Morgan fingerprint density at radius 3 is 2.71 bits per heavy atom. The highest BCUT2D eigenvalue weighted by atomic mass is 35.5. The van der Waals surface area contributed by atoms with E-state index in [9.17, 15) is 0 Å². The fraction of sp³-hybridized carbons (Fsp3) is 0.182. The summed E-state index contributed by atoms with van der Waals surface area (Å²) in [6.07, 6.45) is 3.27. The van der Waals surface area contributed by atoms with Crippen LogP contribution in [-0.2, 0) is 0 Å². The highest BCUT2D eigenvalue weighted by Gasteiger charge is 2.13. The molecule has 2 N–H and O–H groups in total. The lowest BCUT2D eigenvalue weighted by Crippen LogP contribution is -2.17. The number of hydrogen-bond donors (Lipinski definition) is 1. The monoisotopic (exact) mass is 266 g/mol. The van der Waals surface area contributed by atoms with Crippen molar-refractivity contribution in [3.8, 4) is 5.69 Å². The number of hydrogen-bond acceptors (Lipinski definition) is 3. The first-order valence-corrected chi connectivity index (χ1v) is 5.76. The van der Waals surface area contributed by atoms with Gasteiger partial charge in [-0.2, -0.15) is 5.10 Å². The average molecular weight is 267 g/mol. The minimum atomic E-state index is 0.302. The maximum Gasteiger partial charge on any atom is 0.108 e. The number of thiocarbonyl (C=S) groups is 1. The van der Waals surface area contributed by atoms with E-state index in [0.29, 0.717) is 10.0 Å². The molecular weight excluding hydrogens is 256 g/mol. The molecule has 0 bridgehead atoms. The molecule has 0 saturated carbocycles. The highest BCUT2D eigenvalue weighted by Crippen LogP contribution is 2.19. The molecular formula is C11H11ClN4S. The van der Waals surface area contributed by atoms with Gasteiger partial charge in [0.15, 0.2) is 0 Å². The molecule has 6 heteroatoms. The number of nitrogens with two attached hydrogens (primary N) is 1. The summed E-state index contributed by atoms with van der Waals surface area (Å²) >= 11 is 10.9. The minimum Gasteiger partial charge on any atom is -0.389 e. The average Bonchev–Trinajstić information content (AvgIpc) is 2.62. The van der Waals surface area contributed by atoms with Crippen molar-refractivity contribution < 1.29 is 0 Å². The van der Waals surface area contributed by atoms with Gasteiger partial charge in [-0.05, 0) is 19.9 Å². The molecule has 2 aromatic heterocycles. The van der Waals surface area contributed by atoms with Crippen LogP contribution in [0, 0.1) is 13.8 Å². The summed E-state index contributed by atoms with van der Waals surface area (Å²) in [6, 6.07) is 1.88. The van der Waals surface area contributed by atoms with Crippen LogP contribution in [0.15, 0.2) is 18.5 Å². The van der Waals surface area contributed by atoms with E-state index in [2.05, 4.69) is 10.1 Å². The number of aryl methyl sites for hydroxylation is 2. The predicted octanol–water partition coefficient (Wildman–Crippen LogP) is 2.17. The molecule has 2 rings (SSSR count). The van der Waals surface area contributed by atoms with Crippen molar-refractivity contribution in [1.29, 1.82) is 0 Å². The summed E-state index contributed by atoms with van der Waals surface area (Å²) in [4.78, 5) is 4.65. The Hall–Kier alpha value is -1.46. The molecule has 0 aromatic carbocycles. The van der Waals surface area contributed by atoms with E-state index in [4.69, 9.17) is 29.6 Å². The normalized spacial score (nSPS) is 10.5. The first-order valence-electron chi connectivity index (χ1n) is 4.97. The van der Waals surface area contributed by atoms with Crippen LogP contribution in [-0.4, -0.2) is 19.8 Å². The maximum absolute atomic E-state index is 5.86. The third-order valence-corrected chi connectivity index (χ3v) is 2.75. The van der Waals surface area contributed by atoms with Crippen molar-refractivity contribution in [2.75, 3.05) is 0 Å². The molecule has 0 unspecified atom stereocenters. The summed E-state index contributed by atoms with van der Waals surface area (Å²) in [5.41, 5.74) is 8.92. The highest BCUT2D eigenvalue weighted by molar-refractivity contribution is 7.80. The van der Waals surface area contributed by atoms with Gasteiger partial charge in [0.25, 0.3) is 0 Å². The van der Waals surface area contributed by atoms with Crippen LogP contribution in [0.25, 0.3) is 5.69 Å². The summed E-state index contributed by atoms with van der Waals surface area (Å²) in [6.45, 7) is 3.78. The summed E-state index contributed by atoms with van der Waals surface area (Å²) in [5, 5.41) is 4.71. The van der Waals surface area contributed by atoms with Crippen LogP contribution < -0.4 is 5.73 Å². The van der Waals surface area contributed by atoms with Crippen LogP contribution in [0.4, 0.5) is 0 Å². The smallest absolute Gasteiger partial charge is 0.108 e. The molecule has 0 aliphatic rings. The molecule has 2 heterocycles. The van der Waals surface area contributed by atoms with Gasteiger partial charge in [-0.1, -0.05) is 23.8 Å². The van der Waals surface area contributed by atoms with Gasteiger partial charge >= 0.3 is 0 Å². The number of aromatic nitrogens is 3. The molecule has 0 amide bonds. The van der Waals surface area contributed by atoms with Crippen LogP contribution in [0.5, 0.6) is 0 Å². The molecule has 0 radical (unpaired) electrons. The van der Waals surface area contributed by atoms with Crippen molar-refractivity contribution in [3.05, 3.63) is 40.4 Å². The van der Waals surface area contributed by atoms with Gasteiger partial charge in [0, 0.05) is 17.6 Å². The van der Waals surface area contributed by atoms with Gasteiger partial charge in [-0.3, -0.25) is 4.98 Å². The lowest BCUT2D eigenvalue weighted by molar-refractivity contribution is 0.868. The van der Waals surface area contributed by atoms with Crippen LogP contribution >= 0.6 is 23.8 Å². The quantitative estimate of drug-likeness (QED) is 0.847. The lowest BCUT2D eigenvalue weighted by Gasteiger charge is -2.11. The van der Waals surface area contributed by atoms with E-state index in [1.54, 1.807) is 17.1 Å². The molecule has 2 aromatic rings. The van der Waals surface area contributed by atoms with Crippen LogP contribution in [0.3, 0.4) is 0 Å². The predicted molar refractivity (Wildman–Crippen MR) is 71.7 cm³/mol. The van der Waals surface area contributed by atoms with Crippen molar-refractivity contribution in [2.24, 2.45) is 5.73 Å². The first-order chi connectivity index (χ1) is 7.99. The SMILES string of the molecule is Cc1cc(-n2cc(Cl)cn2)c(C(N)=S)c(C)n1. The third kappa shape index (κ3) is 2.30. The fourth-order valence-electron chi connectivity index (χ4n) is 1.73. The Labute approximate surface area is 109 Å². The molecule has 0 saturated heterocycles. The molecule has 4 nitrogen and oxygen atoms in total. The van der Waals surface area contributed by atoms with E-state index >= 15 is 0 Å². The summed E-state index contributed by atoms with van der Waals surface area (Å²) < 4.78 is 1.65. The Kier molecular flexibility index (Phi) is 3.13. The summed E-state index contributed by atoms with van der Waals surface area (Å²) in [7, 11) is 0. The van der Waals surface area contributed by atoms with Gasteiger partial charge in [0.2, 0.25) is 0 Å². The second-order valence-corrected chi connectivity index (χ2v) is 4.59. The van der Waals surface area contributed by atoms with Crippen molar-refractivity contribution in [1.82, 2.24) is 14.8 Å². The van der Waals surface area contributed by atoms with E-state index in [1.165, 1.54) is 0 Å². The zero-order valence-corrected chi connectivity index (χ0v) is 11.0. The van der Waals surface area contributed by atoms with Crippen LogP contribution in [0.2, 0.25) is 5.02 Å². The molecule has 0 atom stereocenters. The number of nitrogens with zero attached hydrogens (tertiary/aromatic N) is 3. The van der Waals surface area contributed by atoms with Crippen molar-refractivity contribution >= 4 is 28.8 Å². The fourth-order valence-corrected chi connectivity index (χ4v) is 2.11.